The molecule has 0 aromatic heterocycles. The van der Waals surface area contributed by atoms with Crippen molar-refractivity contribution >= 4 is 11.9 Å². The van der Waals surface area contributed by atoms with Gasteiger partial charge in [-0.15, -0.1) is 0 Å². The van der Waals surface area contributed by atoms with Crippen molar-refractivity contribution in [1.29, 1.82) is 0 Å². The summed E-state index contributed by atoms with van der Waals surface area (Å²) in [5.41, 5.74) is 0. The van der Waals surface area contributed by atoms with E-state index in [1.807, 2.05) is 32.8 Å². The van der Waals surface area contributed by atoms with Gasteiger partial charge in [-0.1, -0.05) is 19.9 Å². The largest absolute Gasteiger partial charge is 0.480 e. The summed E-state index contributed by atoms with van der Waals surface area (Å²) >= 11 is 0. The molecule has 0 rings (SSSR count). The van der Waals surface area contributed by atoms with E-state index in [0.717, 1.165) is 4.90 Å². The van der Waals surface area contributed by atoms with Gasteiger partial charge in [-0.2, -0.15) is 0 Å². The molecule has 0 bridgehead atoms. The van der Waals surface area contributed by atoms with Gasteiger partial charge in [0.2, 0.25) is 5.91 Å². The monoisotopic (exact) mass is 230 g/mol. The quantitative estimate of drug-likeness (QED) is 0.705. The van der Waals surface area contributed by atoms with Crippen LogP contribution in [0.2, 0.25) is 0 Å². The third-order valence-corrected chi connectivity index (χ3v) is 1.48. The normalized spacial score (nSPS) is 9.88. The van der Waals surface area contributed by atoms with E-state index in [-0.39, 0.29) is 12.5 Å². The number of carboxylic acids is 1. The van der Waals surface area contributed by atoms with E-state index in [1.54, 1.807) is 6.08 Å². The second-order valence-corrected chi connectivity index (χ2v) is 3.25. The Balaban J connectivity index is 0. The Labute approximate surface area is 97.3 Å². The van der Waals surface area contributed by atoms with Crippen LogP contribution in [0.5, 0.6) is 0 Å². The zero-order valence-corrected chi connectivity index (χ0v) is 10.7. The Morgan fingerprint density at radius 2 is 1.69 bits per heavy atom. The van der Waals surface area contributed by atoms with Crippen molar-refractivity contribution in [3.8, 4) is 0 Å². The topological polar surface area (TPSA) is 60.9 Å². The molecule has 94 valence electrons. The average Bonchev–Trinajstić information content (AvgIpc) is 2.19. The molecule has 0 heterocycles. The molecule has 16 heavy (non-hydrogen) atoms. The van der Waals surface area contributed by atoms with Crippen molar-refractivity contribution in [2.75, 3.05) is 34.2 Å². The second kappa shape index (κ2) is 10.2. The van der Waals surface area contributed by atoms with Crippen LogP contribution in [0.1, 0.15) is 13.8 Å². The lowest BCUT2D eigenvalue weighted by molar-refractivity contribution is -0.141. The molecule has 0 aliphatic rings. The first-order valence-electron chi connectivity index (χ1n) is 5.21. The van der Waals surface area contributed by atoms with E-state index in [0.29, 0.717) is 6.54 Å². The fourth-order valence-electron chi connectivity index (χ4n) is 0.772. The highest BCUT2D eigenvalue weighted by molar-refractivity contribution is 5.89. The second-order valence-electron chi connectivity index (χ2n) is 3.25. The number of aliphatic carboxylic acids is 1. The zero-order chi connectivity index (χ0) is 13.1. The number of nitrogens with zero attached hydrogens (tertiary/aromatic N) is 2. The lowest BCUT2D eigenvalue weighted by Crippen LogP contribution is -2.30. The number of likely N-dealkylation sites (N-methyl/N-ethyl adjacent to an activating group) is 2. The number of rotatable bonds is 5. The Hall–Kier alpha value is -1.36. The Morgan fingerprint density at radius 1 is 1.19 bits per heavy atom. The third-order valence-electron chi connectivity index (χ3n) is 1.48. The molecular formula is C11H22N2O3. The van der Waals surface area contributed by atoms with Gasteiger partial charge in [-0.05, 0) is 14.1 Å². The molecule has 0 radical (unpaired) electrons. The fourth-order valence-corrected chi connectivity index (χ4v) is 0.772. The van der Waals surface area contributed by atoms with E-state index in [9.17, 15) is 9.59 Å². The molecule has 0 saturated heterocycles. The van der Waals surface area contributed by atoms with Gasteiger partial charge in [0, 0.05) is 19.7 Å². The standard InChI is InChI=1S/C9H16N2O3.C2H6/c1-10(2)6-4-5-8(12)11(3)7-9(13)14;1-2/h4-5H,6-7H2,1-3H3,(H,13,14);1-2H3/b5-4+;. The van der Waals surface area contributed by atoms with Gasteiger partial charge in [0.1, 0.15) is 6.54 Å². The van der Waals surface area contributed by atoms with E-state index in [4.69, 9.17) is 5.11 Å². The van der Waals surface area contributed by atoms with Crippen LogP contribution >= 0.6 is 0 Å². The molecule has 0 aliphatic heterocycles. The van der Waals surface area contributed by atoms with Crippen LogP contribution in [0, 0.1) is 0 Å². The van der Waals surface area contributed by atoms with Gasteiger partial charge in [0.25, 0.3) is 0 Å². The summed E-state index contributed by atoms with van der Waals surface area (Å²) in [6.45, 7) is 4.39. The lowest BCUT2D eigenvalue weighted by Gasteiger charge is -2.11. The summed E-state index contributed by atoms with van der Waals surface area (Å²) in [5, 5.41) is 8.42. The highest BCUT2D eigenvalue weighted by Crippen LogP contribution is 1.87. The lowest BCUT2D eigenvalue weighted by atomic mass is 10.4. The number of carboxylic acid groups (broad SMARTS) is 1. The minimum atomic E-state index is -1.01. The van der Waals surface area contributed by atoms with Crippen molar-refractivity contribution in [1.82, 2.24) is 9.80 Å². The van der Waals surface area contributed by atoms with Crippen LogP contribution in [-0.2, 0) is 9.59 Å². The molecule has 0 aliphatic carbocycles. The van der Waals surface area contributed by atoms with Gasteiger partial charge >= 0.3 is 5.97 Å². The van der Waals surface area contributed by atoms with Crippen molar-refractivity contribution in [2.24, 2.45) is 0 Å². The molecule has 0 aromatic carbocycles. The molecule has 5 nitrogen and oxygen atoms in total. The summed E-state index contributed by atoms with van der Waals surface area (Å²) in [4.78, 5) is 24.5. The van der Waals surface area contributed by atoms with E-state index in [2.05, 4.69) is 0 Å². The number of carbonyl (C=O) groups is 2. The van der Waals surface area contributed by atoms with Crippen LogP contribution in [0.25, 0.3) is 0 Å². The highest BCUT2D eigenvalue weighted by atomic mass is 16.4. The first-order chi connectivity index (χ1) is 7.43. The van der Waals surface area contributed by atoms with E-state index < -0.39 is 5.97 Å². The molecule has 0 atom stereocenters. The molecule has 0 unspecified atom stereocenters. The van der Waals surface area contributed by atoms with Gasteiger partial charge in [0.05, 0.1) is 0 Å². The van der Waals surface area contributed by atoms with Gasteiger partial charge in [-0.25, -0.2) is 0 Å². The van der Waals surface area contributed by atoms with Crippen molar-refractivity contribution in [3.63, 3.8) is 0 Å². The average molecular weight is 230 g/mol. The number of hydrogen-bond acceptors (Lipinski definition) is 3. The molecule has 0 fully saturated rings. The predicted octanol–water partition coefficient (Wildman–Crippen LogP) is 0.673. The number of carbonyl (C=O) groups excluding carboxylic acids is 1. The van der Waals surface area contributed by atoms with Crippen molar-refractivity contribution in [3.05, 3.63) is 12.2 Å². The summed E-state index contributed by atoms with van der Waals surface area (Å²) in [5.74, 6) is -1.31. The minimum absolute atomic E-state index is 0.273. The fraction of sp³-hybridized carbons (Fsp3) is 0.636. The van der Waals surface area contributed by atoms with Crippen LogP contribution < -0.4 is 0 Å². The maximum atomic E-state index is 11.2. The van der Waals surface area contributed by atoms with Crippen LogP contribution in [-0.4, -0.2) is 61.0 Å². The third kappa shape index (κ3) is 10.7. The maximum Gasteiger partial charge on any atom is 0.323 e. The van der Waals surface area contributed by atoms with Crippen LogP contribution in [0.4, 0.5) is 0 Å². The Kier molecular flexibility index (Phi) is 10.8. The molecule has 0 aromatic rings. The van der Waals surface area contributed by atoms with E-state index >= 15 is 0 Å². The number of amides is 1. The summed E-state index contributed by atoms with van der Waals surface area (Å²) < 4.78 is 0. The van der Waals surface area contributed by atoms with Gasteiger partial charge in [-0.3, -0.25) is 9.59 Å². The molecule has 0 spiro atoms. The van der Waals surface area contributed by atoms with Crippen molar-refractivity contribution in [2.45, 2.75) is 13.8 Å². The predicted molar refractivity (Wildman–Crippen MR) is 64.3 cm³/mol. The first-order valence-corrected chi connectivity index (χ1v) is 5.21. The van der Waals surface area contributed by atoms with E-state index in [1.165, 1.54) is 13.1 Å². The van der Waals surface area contributed by atoms with Crippen LogP contribution in [0.3, 0.4) is 0 Å². The van der Waals surface area contributed by atoms with Gasteiger partial charge < -0.3 is 14.9 Å². The number of hydrogen-bond donors (Lipinski definition) is 1. The summed E-state index contributed by atoms with van der Waals surface area (Å²) in [7, 11) is 5.22. The summed E-state index contributed by atoms with van der Waals surface area (Å²) in [6, 6.07) is 0. The molecule has 1 N–H and O–H groups in total. The molecule has 5 heteroatoms. The zero-order valence-electron chi connectivity index (χ0n) is 10.7. The van der Waals surface area contributed by atoms with Gasteiger partial charge in [0.15, 0.2) is 0 Å². The molecule has 1 amide bonds. The molecular weight excluding hydrogens is 208 g/mol. The van der Waals surface area contributed by atoms with Crippen LogP contribution in [0.15, 0.2) is 12.2 Å². The SMILES string of the molecule is CC.CN(C)C/C=C/C(=O)N(C)CC(=O)O. The summed E-state index contributed by atoms with van der Waals surface area (Å²) in [6.07, 6.45) is 3.07. The smallest absolute Gasteiger partial charge is 0.323 e. The minimum Gasteiger partial charge on any atom is -0.480 e. The Bertz CT molecular complexity index is 237. The maximum absolute atomic E-state index is 11.2. The van der Waals surface area contributed by atoms with Crippen molar-refractivity contribution < 1.29 is 14.7 Å². The Morgan fingerprint density at radius 3 is 2.06 bits per heavy atom. The highest BCUT2D eigenvalue weighted by Gasteiger charge is 2.07. The molecule has 0 saturated carbocycles. The first kappa shape index (κ1) is 17.0.